The highest BCUT2D eigenvalue weighted by molar-refractivity contribution is 6.38. The fourth-order valence-corrected chi connectivity index (χ4v) is 1.09. The fourth-order valence-electron chi connectivity index (χ4n) is 1.09. The van der Waals surface area contributed by atoms with Crippen molar-refractivity contribution >= 4 is 11.7 Å². The molecule has 1 fully saturated rings. The Balaban J connectivity index is 2.54. The molecule has 0 spiro atoms. The Kier molecular flexibility index (Phi) is 2.22. The Hall–Kier alpha value is -0.860. The number of carbonyl (C=O) groups is 2. The van der Waals surface area contributed by atoms with Crippen LogP contribution >= 0.6 is 0 Å². The zero-order valence-corrected chi connectivity index (χ0v) is 8.73. The molecular formula is C10H17NO2. The van der Waals surface area contributed by atoms with Crippen molar-refractivity contribution in [2.45, 2.75) is 46.1 Å². The summed E-state index contributed by atoms with van der Waals surface area (Å²) >= 11 is 0. The molecule has 0 heterocycles. The summed E-state index contributed by atoms with van der Waals surface area (Å²) in [6, 6.07) is 0. The van der Waals surface area contributed by atoms with Gasteiger partial charge in [0.15, 0.2) is 0 Å². The first kappa shape index (κ1) is 10.2. The molecule has 1 rings (SSSR count). The lowest BCUT2D eigenvalue weighted by atomic mass is 10.0. The summed E-state index contributed by atoms with van der Waals surface area (Å²) in [6.07, 6.45) is 1.70. The molecule has 0 saturated heterocycles. The Bertz CT molecular complexity index is 246. The molecular weight excluding hydrogens is 166 g/mol. The minimum absolute atomic E-state index is 0.262. The van der Waals surface area contributed by atoms with Crippen LogP contribution in [0.15, 0.2) is 0 Å². The van der Waals surface area contributed by atoms with Crippen molar-refractivity contribution in [3.05, 3.63) is 0 Å². The van der Waals surface area contributed by atoms with Gasteiger partial charge in [0.25, 0.3) is 5.91 Å². The SMILES string of the molecule is CC(C)(C)NC(=O)C(=O)C1(C)CC1. The molecule has 1 aliphatic rings. The monoisotopic (exact) mass is 183 g/mol. The Morgan fingerprint density at radius 3 is 2.00 bits per heavy atom. The van der Waals surface area contributed by atoms with Crippen molar-refractivity contribution in [2.24, 2.45) is 5.41 Å². The lowest BCUT2D eigenvalue weighted by Crippen LogP contribution is -2.46. The van der Waals surface area contributed by atoms with E-state index in [9.17, 15) is 9.59 Å². The second-order valence-electron chi connectivity index (χ2n) is 5.09. The second-order valence-corrected chi connectivity index (χ2v) is 5.09. The van der Waals surface area contributed by atoms with Crippen LogP contribution < -0.4 is 5.32 Å². The molecule has 0 unspecified atom stereocenters. The average Bonchev–Trinajstić information content (AvgIpc) is 2.64. The molecule has 1 aliphatic carbocycles. The van der Waals surface area contributed by atoms with Gasteiger partial charge in [-0.2, -0.15) is 0 Å². The first-order valence-electron chi connectivity index (χ1n) is 4.62. The van der Waals surface area contributed by atoms with E-state index in [4.69, 9.17) is 0 Å². The van der Waals surface area contributed by atoms with E-state index in [1.807, 2.05) is 27.7 Å². The quantitative estimate of drug-likeness (QED) is 0.655. The van der Waals surface area contributed by atoms with E-state index in [0.29, 0.717) is 0 Å². The van der Waals surface area contributed by atoms with Gasteiger partial charge in [0.2, 0.25) is 5.78 Å². The van der Waals surface area contributed by atoms with Gasteiger partial charge in [-0.1, -0.05) is 6.92 Å². The van der Waals surface area contributed by atoms with Gasteiger partial charge in [-0.15, -0.1) is 0 Å². The van der Waals surface area contributed by atoms with E-state index in [-0.39, 0.29) is 16.7 Å². The van der Waals surface area contributed by atoms with Gasteiger partial charge >= 0.3 is 0 Å². The van der Waals surface area contributed by atoms with Gasteiger partial charge in [-0.25, -0.2) is 0 Å². The van der Waals surface area contributed by atoms with Crippen LogP contribution in [0.1, 0.15) is 40.5 Å². The molecule has 3 nitrogen and oxygen atoms in total. The minimum atomic E-state index is -0.438. The van der Waals surface area contributed by atoms with E-state index in [0.717, 1.165) is 12.8 Å². The maximum Gasteiger partial charge on any atom is 0.288 e. The summed E-state index contributed by atoms with van der Waals surface area (Å²) in [5, 5.41) is 2.68. The number of Topliss-reactive ketones (excluding diaryl/α,β-unsaturated/α-hetero) is 1. The molecule has 0 aromatic heterocycles. The highest BCUT2D eigenvalue weighted by Crippen LogP contribution is 2.45. The van der Waals surface area contributed by atoms with Crippen LogP contribution in [-0.2, 0) is 9.59 Å². The van der Waals surface area contributed by atoms with E-state index in [2.05, 4.69) is 5.32 Å². The third-order valence-electron chi connectivity index (χ3n) is 2.24. The normalized spacial score (nSPS) is 19.4. The van der Waals surface area contributed by atoms with Gasteiger partial charge in [0.1, 0.15) is 0 Å². The lowest BCUT2D eigenvalue weighted by Gasteiger charge is -2.20. The summed E-state index contributed by atoms with van der Waals surface area (Å²) in [5.41, 5.74) is -0.673. The zero-order valence-electron chi connectivity index (χ0n) is 8.73. The van der Waals surface area contributed by atoms with Crippen LogP contribution in [0.25, 0.3) is 0 Å². The van der Waals surface area contributed by atoms with Crippen molar-refractivity contribution < 1.29 is 9.59 Å². The fraction of sp³-hybridized carbons (Fsp3) is 0.800. The minimum Gasteiger partial charge on any atom is -0.345 e. The Morgan fingerprint density at radius 1 is 1.23 bits per heavy atom. The number of ketones is 1. The predicted molar refractivity (Wildman–Crippen MR) is 50.2 cm³/mol. The van der Waals surface area contributed by atoms with Crippen LogP contribution in [0.5, 0.6) is 0 Å². The van der Waals surface area contributed by atoms with Crippen LogP contribution in [-0.4, -0.2) is 17.2 Å². The smallest absolute Gasteiger partial charge is 0.288 e. The summed E-state index contributed by atoms with van der Waals surface area (Å²) in [7, 11) is 0. The molecule has 74 valence electrons. The summed E-state index contributed by atoms with van der Waals surface area (Å²) < 4.78 is 0. The van der Waals surface area contributed by atoms with Gasteiger partial charge in [0, 0.05) is 11.0 Å². The lowest BCUT2D eigenvalue weighted by molar-refractivity contribution is -0.141. The van der Waals surface area contributed by atoms with E-state index >= 15 is 0 Å². The molecule has 1 saturated carbocycles. The van der Waals surface area contributed by atoms with Crippen molar-refractivity contribution in [1.29, 1.82) is 0 Å². The average molecular weight is 183 g/mol. The number of amides is 1. The standard InChI is InChI=1S/C10H17NO2/c1-9(2,3)11-8(13)7(12)10(4)5-6-10/h5-6H2,1-4H3,(H,11,13). The molecule has 0 atom stereocenters. The molecule has 1 amide bonds. The van der Waals surface area contributed by atoms with Crippen molar-refractivity contribution in [1.82, 2.24) is 5.32 Å². The summed E-state index contributed by atoms with van der Waals surface area (Å²) in [6.45, 7) is 7.45. The number of nitrogens with one attached hydrogen (secondary N) is 1. The van der Waals surface area contributed by atoms with Crippen molar-refractivity contribution in [2.75, 3.05) is 0 Å². The maximum absolute atomic E-state index is 11.5. The molecule has 3 heteroatoms. The first-order valence-corrected chi connectivity index (χ1v) is 4.62. The molecule has 0 aromatic carbocycles. The zero-order chi connectivity index (χ0) is 10.3. The van der Waals surface area contributed by atoms with E-state index in [1.165, 1.54) is 0 Å². The van der Waals surface area contributed by atoms with Crippen LogP contribution in [0, 0.1) is 5.41 Å². The van der Waals surface area contributed by atoms with E-state index < -0.39 is 5.91 Å². The molecule has 0 aromatic rings. The van der Waals surface area contributed by atoms with Crippen LogP contribution in [0.2, 0.25) is 0 Å². The topological polar surface area (TPSA) is 46.2 Å². The molecule has 0 radical (unpaired) electrons. The largest absolute Gasteiger partial charge is 0.345 e. The molecule has 13 heavy (non-hydrogen) atoms. The highest BCUT2D eigenvalue weighted by atomic mass is 16.2. The molecule has 0 bridgehead atoms. The van der Waals surface area contributed by atoms with Crippen molar-refractivity contribution in [3.8, 4) is 0 Å². The van der Waals surface area contributed by atoms with Gasteiger partial charge < -0.3 is 5.32 Å². The second kappa shape index (κ2) is 2.82. The van der Waals surface area contributed by atoms with Crippen molar-refractivity contribution in [3.63, 3.8) is 0 Å². The summed E-state index contributed by atoms with van der Waals surface area (Å²) in [4.78, 5) is 22.9. The third-order valence-corrected chi connectivity index (χ3v) is 2.24. The Morgan fingerprint density at radius 2 is 1.69 bits per heavy atom. The number of hydrogen-bond acceptors (Lipinski definition) is 2. The maximum atomic E-state index is 11.5. The highest BCUT2D eigenvalue weighted by Gasteiger charge is 2.48. The summed E-state index contributed by atoms with van der Waals surface area (Å²) in [5.74, 6) is -0.699. The van der Waals surface area contributed by atoms with Gasteiger partial charge in [-0.05, 0) is 33.6 Å². The predicted octanol–water partition coefficient (Wildman–Crippen LogP) is 1.27. The number of carbonyl (C=O) groups excluding carboxylic acids is 2. The number of rotatable bonds is 2. The van der Waals surface area contributed by atoms with E-state index in [1.54, 1.807) is 0 Å². The molecule has 1 N–H and O–H groups in total. The van der Waals surface area contributed by atoms with Gasteiger partial charge in [-0.3, -0.25) is 9.59 Å². The van der Waals surface area contributed by atoms with Gasteiger partial charge in [0.05, 0.1) is 0 Å². The number of hydrogen-bond donors (Lipinski definition) is 1. The van der Waals surface area contributed by atoms with Crippen LogP contribution in [0.3, 0.4) is 0 Å². The Labute approximate surface area is 78.9 Å². The first-order chi connectivity index (χ1) is 5.75. The van der Waals surface area contributed by atoms with Crippen LogP contribution in [0.4, 0.5) is 0 Å². The molecule has 0 aliphatic heterocycles. The third kappa shape index (κ3) is 2.54.